The Morgan fingerprint density at radius 3 is 2.62 bits per heavy atom. The molecule has 3 N–H and O–H groups in total. The minimum atomic E-state index is -1.89. The molecule has 11 heteroatoms. The molecule has 208 valence electrons. The lowest BCUT2D eigenvalue weighted by atomic mass is 9.86. The van der Waals surface area contributed by atoms with Crippen molar-refractivity contribution >= 4 is 28.9 Å². The molecule has 0 aliphatic carbocycles. The Balaban J connectivity index is 1.45. The zero-order valence-electron chi connectivity index (χ0n) is 22.6. The van der Waals surface area contributed by atoms with Crippen LogP contribution in [0.2, 0.25) is 0 Å². The second-order valence-electron chi connectivity index (χ2n) is 9.91. The standard InChI is InChI=1S/C29H30N4O7/c1-5-17-18-11-16(40-28(37)31-10-9-30-25(34)15(3)4)7-8-22(18)32-24-19(17)13-33-23(24)12-21-20(26(33)35)14-39-27(36)29(21,38)6-2/h7-8,11-12,38H,3,5-6,9-10,13-14H2,1-2,4H3,(H,30,34)(H,31,37). The smallest absolute Gasteiger partial charge is 0.412 e. The van der Waals surface area contributed by atoms with Gasteiger partial charge >= 0.3 is 12.1 Å². The second kappa shape index (κ2) is 10.2. The van der Waals surface area contributed by atoms with Gasteiger partial charge in [0.25, 0.3) is 5.56 Å². The van der Waals surface area contributed by atoms with Crippen molar-refractivity contribution in [2.45, 2.75) is 52.4 Å². The first-order valence-corrected chi connectivity index (χ1v) is 13.1. The van der Waals surface area contributed by atoms with Crippen LogP contribution in [0.1, 0.15) is 49.4 Å². The number of pyridine rings is 2. The molecule has 2 aromatic heterocycles. The SMILES string of the molecule is C=C(C)C(=O)NCCNC(=O)Oc1ccc2nc3c(c(CC)c2c1)Cn1c-3cc2c(c1=O)COC(=O)C2(O)CC. The highest BCUT2D eigenvalue weighted by Crippen LogP contribution is 2.40. The summed E-state index contributed by atoms with van der Waals surface area (Å²) in [7, 11) is 0. The topological polar surface area (TPSA) is 149 Å². The number of nitrogens with one attached hydrogen (secondary N) is 2. The van der Waals surface area contributed by atoms with Crippen molar-refractivity contribution in [3.05, 3.63) is 69.0 Å². The van der Waals surface area contributed by atoms with E-state index in [0.717, 1.165) is 16.5 Å². The van der Waals surface area contributed by atoms with Crippen LogP contribution in [0.15, 0.2) is 41.2 Å². The molecule has 2 aliphatic heterocycles. The number of benzene rings is 1. The molecular weight excluding hydrogens is 516 g/mol. The van der Waals surface area contributed by atoms with Gasteiger partial charge in [-0.2, -0.15) is 0 Å². The number of fused-ring (bicyclic) bond motifs is 5. The first-order chi connectivity index (χ1) is 19.1. The molecule has 4 heterocycles. The molecule has 2 aliphatic rings. The van der Waals surface area contributed by atoms with Crippen molar-refractivity contribution in [3.8, 4) is 17.1 Å². The molecule has 0 saturated heterocycles. The number of cyclic esters (lactones) is 1. The number of aromatic nitrogens is 2. The maximum atomic E-state index is 13.5. The fourth-order valence-corrected chi connectivity index (χ4v) is 5.24. The van der Waals surface area contributed by atoms with Crippen LogP contribution in [0.5, 0.6) is 5.75 Å². The third-order valence-electron chi connectivity index (χ3n) is 7.41. The molecule has 1 aromatic carbocycles. The molecular formula is C29H30N4O7. The Kier molecular flexibility index (Phi) is 6.92. The summed E-state index contributed by atoms with van der Waals surface area (Å²) in [4.78, 5) is 54.6. The average molecular weight is 547 g/mol. The highest BCUT2D eigenvalue weighted by atomic mass is 16.6. The number of hydrogen-bond acceptors (Lipinski definition) is 8. The molecule has 0 saturated carbocycles. The number of nitrogens with zero attached hydrogens (tertiary/aromatic N) is 2. The van der Waals surface area contributed by atoms with Crippen molar-refractivity contribution in [2.75, 3.05) is 13.1 Å². The number of aryl methyl sites for hydroxylation is 1. The molecule has 0 bridgehead atoms. The van der Waals surface area contributed by atoms with E-state index in [1.807, 2.05) is 6.92 Å². The Labute approximate surface area is 229 Å². The lowest BCUT2D eigenvalue weighted by molar-refractivity contribution is -0.172. The lowest BCUT2D eigenvalue weighted by Gasteiger charge is -2.31. The molecule has 3 aromatic rings. The molecule has 0 fully saturated rings. The van der Waals surface area contributed by atoms with Gasteiger partial charge in [-0.15, -0.1) is 0 Å². The number of carbonyl (C=O) groups is 3. The van der Waals surface area contributed by atoms with Gasteiger partial charge in [0.2, 0.25) is 5.91 Å². The fraction of sp³-hybridized carbons (Fsp3) is 0.345. The summed E-state index contributed by atoms with van der Waals surface area (Å²) in [5, 5.41) is 17.1. The third-order valence-corrected chi connectivity index (χ3v) is 7.41. The van der Waals surface area contributed by atoms with Gasteiger partial charge < -0.3 is 29.8 Å². The van der Waals surface area contributed by atoms with Crippen molar-refractivity contribution < 1.29 is 29.0 Å². The van der Waals surface area contributed by atoms with Crippen LogP contribution in [0.25, 0.3) is 22.3 Å². The summed E-state index contributed by atoms with van der Waals surface area (Å²) in [5.74, 6) is -0.734. The van der Waals surface area contributed by atoms with Crippen LogP contribution >= 0.6 is 0 Å². The van der Waals surface area contributed by atoms with Gasteiger partial charge in [0.05, 0.1) is 29.0 Å². The number of hydrogen-bond donors (Lipinski definition) is 3. The van der Waals surface area contributed by atoms with Crippen LogP contribution in [0, 0.1) is 0 Å². The summed E-state index contributed by atoms with van der Waals surface area (Å²) >= 11 is 0. The Morgan fingerprint density at radius 2 is 1.93 bits per heavy atom. The fourth-order valence-electron chi connectivity index (χ4n) is 5.24. The molecule has 5 rings (SSSR count). The molecule has 11 nitrogen and oxygen atoms in total. The number of carbonyl (C=O) groups excluding carboxylic acids is 3. The van der Waals surface area contributed by atoms with E-state index in [2.05, 4.69) is 17.2 Å². The highest BCUT2D eigenvalue weighted by Gasteiger charge is 2.45. The first kappa shape index (κ1) is 27.1. The third kappa shape index (κ3) is 4.41. The normalized spacial score (nSPS) is 16.9. The van der Waals surface area contributed by atoms with E-state index in [9.17, 15) is 24.3 Å². The van der Waals surface area contributed by atoms with Gasteiger partial charge in [-0.25, -0.2) is 14.6 Å². The predicted molar refractivity (Wildman–Crippen MR) is 146 cm³/mol. The van der Waals surface area contributed by atoms with Gasteiger partial charge in [-0.3, -0.25) is 9.59 Å². The minimum absolute atomic E-state index is 0.0689. The molecule has 0 radical (unpaired) electrons. The van der Waals surface area contributed by atoms with E-state index >= 15 is 0 Å². The maximum Gasteiger partial charge on any atom is 0.412 e. The quantitative estimate of drug-likeness (QED) is 0.182. The second-order valence-corrected chi connectivity index (χ2v) is 9.91. The minimum Gasteiger partial charge on any atom is -0.458 e. The summed E-state index contributed by atoms with van der Waals surface area (Å²) < 4.78 is 12.2. The van der Waals surface area contributed by atoms with Crippen LogP contribution in [0.4, 0.5) is 4.79 Å². The lowest BCUT2D eigenvalue weighted by Crippen LogP contribution is -2.44. The summed E-state index contributed by atoms with van der Waals surface area (Å²) in [6.07, 6.45) is 0.0303. The van der Waals surface area contributed by atoms with Crippen LogP contribution < -0.4 is 20.9 Å². The van der Waals surface area contributed by atoms with Crippen molar-refractivity contribution in [3.63, 3.8) is 0 Å². The zero-order chi connectivity index (χ0) is 28.8. The number of aliphatic hydroxyl groups is 1. The molecule has 1 atom stereocenters. The number of rotatable bonds is 7. The monoisotopic (exact) mass is 546 g/mol. The van der Waals surface area contributed by atoms with E-state index in [0.29, 0.717) is 34.6 Å². The average Bonchev–Trinajstić information content (AvgIpc) is 3.30. The maximum absolute atomic E-state index is 13.5. The summed E-state index contributed by atoms with van der Waals surface area (Å²) in [6, 6.07) is 6.79. The van der Waals surface area contributed by atoms with Crippen LogP contribution in [0.3, 0.4) is 0 Å². The van der Waals surface area contributed by atoms with Crippen molar-refractivity contribution in [1.82, 2.24) is 20.2 Å². The van der Waals surface area contributed by atoms with Crippen LogP contribution in [-0.2, 0) is 39.5 Å². The van der Waals surface area contributed by atoms with Crippen molar-refractivity contribution in [1.29, 1.82) is 0 Å². The first-order valence-electron chi connectivity index (χ1n) is 13.1. The van der Waals surface area contributed by atoms with Gasteiger partial charge in [0, 0.05) is 35.2 Å². The van der Waals surface area contributed by atoms with E-state index in [-0.39, 0.29) is 55.3 Å². The number of ether oxygens (including phenoxy) is 2. The summed E-state index contributed by atoms with van der Waals surface area (Å²) in [6.45, 7) is 9.32. The highest BCUT2D eigenvalue weighted by molar-refractivity contribution is 5.92. The zero-order valence-corrected chi connectivity index (χ0v) is 22.6. The number of amides is 2. The molecule has 1 unspecified atom stereocenters. The van der Waals surface area contributed by atoms with Gasteiger partial charge in [0.15, 0.2) is 5.60 Å². The summed E-state index contributed by atoms with van der Waals surface area (Å²) in [5.41, 5.74) is 2.31. The van der Waals surface area contributed by atoms with Gasteiger partial charge in [0.1, 0.15) is 12.4 Å². The Morgan fingerprint density at radius 1 is 1.18 bits per heavy atom. The Bertz CT molecular complexity index is 1660. The predicted octanol–water partition coefficient (Wildman–Crippen LogP) is 2.42. The van der Waals surface area contributed by atoms with E-state index in [1.54, 1.807) is 42.7 Å². The molecule has 40 heavy (non-hydrogen) atoms. The largest absolute Gasteiger partial charge is 0.458 e. The van der Waals surface area contributed by atoms with E-state index < -0.39 is 17.7 Å². The van der Waals surface area contributed by atoms with E-state index in [1.165, 1.54) is 0 Å². The Hall–Kier alpha value is -4.51. The van der Waals surface area contributed by atoms with Gasteiger partial charge in [-0.1, -0.05) is 20.4 Å². The molecule has 2 amide bonds. The van der Waals surface area contributed by atoms with Crippen molar-refractivity contribution in [2.24, 2.45) is 0 Å². The van der Waals surface area contributed by atoms with E-state index in [4.69, 9.17) is 14.5 Å². The number of esters is 1. The molecule has 0 spiro atoms. The van der Waals surface area contributed by atoms with Crippen LogP contribution in [-0.4, -0.2) is 45.7 Å². The van der Waals surface area contributed by atoms with Gasteiger partial charge in [-0.05, 0) is 49.6 Å².